The minimum absolute atomic E-state index is 0.413. The Morgan fingerprint density at radius 3 is 2.64 bits per heavy atom. The number of fused-ring (bicyclic) bond motifs is 1. The predicted molar refractivity (Wildman–Crippen MR) is 97.2 cm³/mol. The van der Waals surface area contributed by atoms with Gasteiger partial charge in [-0.2, -0.15) is 0 Å². The SMILES string of the molecule is COC(=O)C(C)Oc1ccc(Sc2cnc3ccc(Cl)cc3n2)cc1. The van der Waals surface area contributed by atoms with Crippen LogP contribution in [0.25, 0.3) is 11.0 Å². The fourth-order valence-electron chi connectivity index (χ4n) is 2.14. The fraction of sp³-hybridized carbons (Fsp3) is 0.167. The van der Waals surface area contributed by atoms with Crippen LogP contribution in [0, 0.1) is 0 Å². The Hall–Kier alpha value is -2.31. The van der Waals surface area contributed by atoms with E-state index >= 15 is 0 Å². The van der Waals surface area contributed by atoms with Crippen molar-refractivity contribution in [3.05, 3.63) is 53.7 Å². The lowest BCUT2D eigenvalue weighted by Crippen LogP contribution is -2.24. The van der Waals surface area contributed by atoms with Crippen molar-refractivity contribution in [2.24, 2.45) is 0 Å². The van der Waals surface area contributed by atoms with E-state index in [4.69, 9.17) is 16.3 Å². The van der Waals surface area contributed by atoms with Gasteiger partial charge in [-0.15, -0.1) is 0 Å². The van der Waals surface area contributed by atoms with Gasteiger partial charge in [0, 0.05) is 9.92 Å². The average Bonchev–Trinajstić information content (AvgIpc) is 2.62. The Morgan fingerprint density at radius 2 is 1.92 bits per heavy atom. The number of ether oxygens (including phenoxy) is 2. The van der Waals surface area contributed by atoms with E-state index in [1.165, 1.54) is 18.9 Å². The zero-order valence-corrected chi connectivity index (χ0v) is 15.2. The molecule has 1 heterocycles. The van der Waals surface area contributed by atoms with Gasteiger partial charge in [0.25, 0.3) is 0 Å². The smallest absolute Gasteiger partial charge is 0.346 e. The van der Waals surface area contributed by atoms with Crippen molar-refractivity contribution >= 4 is 40.4 Å². The predicted octanol–water partition coefficient (Wildman–Crippen LogP) is 4.37. The maximum atomic E-state index is 11.4. The molecule has 1 aromatic heterocycles. The molecule has 0 spiro atoms. The minimum atomic E-state index is -0.653. The van der Waals surface area contributed by atoms with Crippen molar-refractivity contribution in [3.8, 4) is 5.75 Å². The zero-order valence-electron chi connectivity index (χ0n) is 13.6. The van der Waals surface area contributed by atoms with Crippen molar-refractivity contribution in [1.82, 2.24) is 9.97 Å². The van der Waals surface area contributed by atoms with Gasteiger partial charge >= 0.3 is 5.97 Å². The van der Waals surface area contributed by atoms with Crippen LogP contribution >= 0.6 is 23.4 Å². The first-order valence-corrected chi connectivity index (χ1v) is 8.69. The van der Waals surface area contributed by atoms with Gasteiger partial charge in [-0.1, -0.05) is 23.4 Å². The van der Waals surface area contributed by atoms with Gasteiger partial charge in [0.2, 0.25) is 0 Å². The van der Waals surface area contributed by atoms with Crippen LogP contribution in [0.2, 0.25) is 5.02 Å². The number of hydrogen-bond donors (Lipinski definition) is 0. The molecule has 5 nitrogen and oxygen atoms in total. The van der Waals surface area contributed by atoms with Gasteiger partial charge in [-0.05, 0) is 49.4 Å². The third-order valence-electron chi connectivity index (χ3n) is 3.37. The number of carbonyl (C=O) groups excluding carboxylic acids is 1. The lowest BCUT2D eigenvalue weighted by molar-refractivity contribution is -0.147. The lowest BCUT2D eigenvalue weighted by Gasteiger charge is -2.12. The molecule has 0 saturated heterocycles. The number of methoxy groups -OCH3 is 1. The molecule has 0 aliphatic heterocycles. The summed E-state index contributed by atoms with van der Waals surface area (Å²) < 4.78 is 10.2. The molecule has 0 bridgehead atoms. The molecule has 128 valence electrons. The van der Waals surface area contributed by atoms with Gasteiger partial charge in [0.05, 0.1) is 24.3 Å². The number of rotatable bonds is 5. The first kappa shape index (κ1) is 17.5. The van der Waals surface area contributed by atoms with E-state index in [1.807, 2.05) is 18.2 Å². The van der Waals surface area contributed by atoms with Gasteiger partial charge < -0.3 is 9.47 Å². The van der Waals surface area contributed by atoms with Gasteiger partial charge in [-0.3, -0.25) is 4.98 Å². The highest BCUT2D eigenvalue weighted by atomic mass is 35.5. The lowest BCUT2D eigenvalue weighted by atomic mass is 10.3. The Morgan fingerprint density at radius 1 is 1.16 bits per heavy atom. The highest BCUT2D eigenvalue weighted by Gasteiger charge is 2.14. The minimum Gasteiger partial charge on any atom is -0.479 e. The third kappa shape index (κ3) is 4.41. The number of nitrogens with zero attached hydrogens (tertiary/aromatic N) is 2. The van der Waals surface area contributed by atoms with Crippen LogP contribution in [0.4, 0.5) is 0 Å². The van der Waals surface area contributed by atoms with Crippen LogP contribution in [0.15, 0.2) is 58.6 Å². The molecule has 0 N–H and O–H groups in total. The van der Waals surface area contributed by atoms with Crippen molar-refractivity contribution in [2.45, 2.75) is 22.9 Å². The molecule has 7 heteroatoms. The van der Waals surface area contributed by atoms with Crippen molar-refractivity contribution in [1.29, 1.82) is 0 Å². The maximum absolute atomic E-state index is 11.4. The number of esters is 1. The molecule has 0 amide bonds. The zero-order chi connectivity index (χ0) is 17.8. The normalized spacial score (nSPS) is 12.0. The molecule has 3 rings (SSSR count). The van der Waals surface area contributed by atoms with Crippen LogP contribution in [0.1, 0.15) is 6.92 Å². The van der Waals surface area contributed by atoms with E-state index in [2.05, 4.69) is 14.7 Å². The second-order valence-corrected chi connectivity index (χ2v) is 6.73. The molecule has 2 aromatic carbocycles. The van der Waals surface area contributed by atoms with E-state index < -0.39 is 12.1 Å². The molecule has 0 aliphatic rings. The molecule has 0 aliphatic carbocycles. The quantitative estimate of drug-likeness (QED) is 0.618. The van der Waals surface area contributed by atoms with Crippen molar-refractivity contribution < 1.29 is 14.3 Å². The van der Waals surface area contributed by atoms with Crippen LogP contribution in [-0.2, 0) is 9.53 Å². The summed E-state index contributed by atoms with van der Waals surface area (Å²) in [5.74, 6) is 0.183. The topological polar surface area (TPSA) is 61.3 Å². The summed E-state index contributed by atoms with van der Waals surface area (Å²) in [5, 5.41) is 1.40. The summed E-state index contributed by atoms with van der Waals surface area (Å²) in [6.07, 6.45) is 1.07. The van der Waals surface area contributed by atoms with Crippen LogP contribution < -0.4 is 4.74 Å². The van der Waals surface area contributed by atoms with E-state index in [1.54, 1.807) is 37.4 Å². The molecule has 0 radical (unpaired) electrons. The van der Waals surface area contributed by atoms with Gasteiger partial charge in [-0.25, -0.2) is 9.78 Å². The van der Waals surface area contributed by atoms with Crippen LogP contribution in [0.3, 0.4) is 0 Å². The monoisotopic (exact) mass is 374 g/mol. The number of benzene rings is 2. The van der Waals surface area contributed by atoms with E-state index in [9.17, 15) is 4.79 Å². The van der Waals surface area contributed by atoms with Crippen molar-refractivity contribution in [2.75, 3.05) is 7.11 Å². The first-order chi connectivity index (χ1) is 12.0. The van der Waals surface area contributed by atoms with Crippen LogP contribution in [-0.4, -0.2) is 29.2 Å². The second-order valence-electron chi connectivity index (χ2n) is 5.20. The summed E-state index contributed by atoms with van der Waals surface area (Å²) in [6, 6.07) is 12.8. The highest BCUT2D eigenvalue weighted by molar-refractivity contribution is 7.99. The summed E-state index contributed by atoms with van der Waals surface area (Å²) in [4.78, 5) is 21.3. The maximum Gasteiger partial charge on any atom is 0.346 e. The van der Waals surface area contributed by atoms with E-state index in [0.717, 1.165) is 21.0 Å². The first-order valence-electron chi connectivity index (χ1n) is 7.50. The largest absolute Gasteiger partial charge is 0.479 e. The number of hydrogen-bond acceptors (Lipinski definition) is 6. The number of halogens is 1. The second kappa shape index (κ2) is 7.72. The number of aromatic nitrogens is 2. The Bertz CT molecular complexity index is 902. The fourth-order valence-corrected chi connectivity index (χ4v) is 3.07. The summed E-state index contributed by atoms with van der Waals surface area (Å²) >= 11 is 7.48. The third-order valence-corrected chi connectivity index (χ3v) is 4.52. The van der Waals surface area contributed by atoms with Gasteiger partial charge in [0.15, 0.2) is 6.10 Å². The van der Waals surface area contributed by atoms with Crippen LogP contribution in [0.5, 0.6) is 5.75 Å². The van der Waals surface area contributed by atoms with Gasteiger partial charge in [0.1, 0.15) is 10.8 Å². The molecular formula is C18H15ClN2O3S. The molecule has 25 heavy (non-hydrogen) atoms. The molecule has 1 unspecified atom stereocenters. The van der Waals surface area contributed by atoms with E-state index in [0.29, 0.717) is 10.8 Å². The molecule has 1 atom stereocenters. The summed E-state index contributed by atoms with van der Waals surface area (Å²) in [5.41, 5.74) is 1.55. The summed E-state index contributed by atoms with van der Waals surface area (Å²) in [7, 11) is 1.33. The molecule has 3 aromatic rings. The Labute approximate surface area is 154 Å². The van der Waals surface area contributed by atoms with Crippen molar-refractivity contribution in [3.63, 3.8) is 0 Å². The Kier molecular flexibility index (Phi) is 5.40. The molecule has 0 saturated carbocycles. The molecule has 0 fully saturated rings. The average molecular weight is 375 g/mol. The standard InChI is InChI=1S/C18H15ClN2O3S/c1-11(18(22)23-2)24-13-4-6-14(7-5-13)25-17-10-20-15-8-3-12(19)9-16(15)21-17/h3-11H,1-2H3. The Balaban J connectivity index is 1.72. The van der Waals surface area contributed by atoms with E-state index in [-0.39, 0.29) is 0 Å². The highest BCUT2D eigenvalue weighted by Crippen LogP contribution is 2.29. The number of carbonyl (C=O) groups is 1. The molecular weight excluding hydrogens is 360 g/mol. The summed E-state index contributed by atoms with van der Waals surface area (Å²) in [6.45, 7) is 1.64.